The lowest BCUT2D eigenvalue weighted by Gasteiger charge is -2.26. The highest BCUT2D eigenvalue weighted by molar-refractivity contribution is 7.89. The number of benzene rings is 1. The van der Waals surface area contributed by atoms with Gasteiger partial charge in [0.2, 0.25) is 10.0 Å². The third kappa shape index (κ3) is 3.67. The van der Waals surface area contributed by atoms with Gasteiger partial charge in [0.25, 0.3) is 0 Å². The Morgan fingerprint density at radius 3 is 2.67 bits per heavy atom. The zero-order valence-corrected chi connectivity index (χ0v) is 15.1. The fraction of sp³-hybridized carbons (Fsp3) is 0.412. The molecule has 7 heteroatoms. The van der Waals surface area contributed by atoms with Gasteiger partial charge >= 0.3 is 0 Å². The van der Waals surface area contributed by atoms with E-state index in [4.69, 9.17) is 16.0 Å². The summed E-state index contributed by atoms with van der Waals surface area (Å²) in [6, 6.07) is 8.52. The number of nitrogens with zero attached hydrogens (tertiary/aromatic N) is 1. The van der Waals surface area contributed by atoms with Gasteiger partial charge in [-0.1, -0.05) is 17.7 Å². The van der Waals surface area contributed by atoms with Gasteiger partial charge < -0.3 is 4.42 Å². The Morgan fingerprint density at radius 2 is 2.00 bits per heavy atom. The maximum atomic E-state index is 12.7. The van der Waals surface area contributed by atoms with Crippen molar-refractivity contribution in [3.8, 4) is 0 Å². The minimum atomic E-state index is -3.63. The van der Waals surface area contributed by atoms with E-state index < -0.39 is 10.0 Å². The number of furan rings is 1. The van der Waals surface area contributed by atoms with E-state index in [1.54, 1.807) is 31.4 Å². The van der Waals surface area contributed by atoms with Gasteiger partial charge in [0.1, 0.15) is 5.76 Å². The van der Waals surface area contributed by atoms with Gasteiger partial charge in [0.05, 0.1) is 17.2 Å². The number of halogens is 1. The first-order chi connectivity index (χ1) is 11.5. The first-order valence-electron chi connectivity index (χ1n) is 8.01. The smallest absolute Gasteiger partial charge is 0.240 e. The number of hydrogen-bond donors (Lipinski definition) is 1. The standard InChI is InChI=1S/C17H21ClN2O3S/c1-13-14(18)6-4-8-17(13)24(21,22)19-12-15(16-7-5-11-23-16)20-9-2-3-10-20/h4-8,11,15,19H,2-3,9-10,12H2,1H3/t15-/m1/s1. The first-order valence-corrected chi connectivity index (χ1v) is 9.87. The Morgan fingerprint density at radius 1 is 1.25 bits per heavy atom. The van der Waals surface area contributed by atoms with Crippen LogP contribution in [0.1, 0.15) is 30.2 Å². The van der Waals surface area contributed by atoms with Crippen LogP contribution in [0.5, 0.6) is 0 Å². The lowest BCUT2D eigenvalue weighted by Crippen LogP contribution is -2.36. The average Bonchev–Trinajstić information content (AvgIpc) is 3.24. The van der Waals surface area contributed by atoms with Crippen LogP contribution in [0.2, 0.25) is 5.02 Å². The second-order valence-electron chi connectivity index (χ2n) is 5.99. The minimum absolute atomic E-state index is 0.100. The van der Waals surface area contributed by atoms with Gasteiger partial charge in [-0.3, -0.25) is 4.90 Å². The monoisotopic (exact) mass is 368 g/mol. The fourth-order valence-corrected chi connectivity index (χ4v) is 4.62. The largest absolute Gasteiger partial charge is 0.468 e. The van der Waals surface area contributed by atoms with Crippen molar-refractivity contribution in [2.24, 2.45) is 0 Å². The second kappa shape index (κ2) is 7.27. The van der Waals surface area contributed by atoms with Crippen LogP contribution in [0.3, 0.4) is 0 Å². The Balaban J connectivity index is 1.80. The van der Waals surface area contributed by atoms with Crippen LogP contribution in [0, 0.1) is 6.92 Å². The molecule has 1 aliphatic heterocycles. The van der Waals surface area contributed by atoms with Crippen molar-refractivity contribution >= 4 is 21.6 Å². The van der Waals surface area contributed by atoms with Crippen molar-refractivity contribution in [2.45, 2.75) is 30.7 Å². The highest BCUT2D eigenvalue weighted by Crippen LogP contribution is 2.26. The van der Waals surface area contributed by atoms with Gasteiger partial charge in [-0.2, -0.15) is 0 Å². The Hall–Kier alpha value is -1.34. The molecule has 0 aliphatic carbocycles. The molecule has 1 saturated heterocycles. The van der Waals surface area contributed by atoms with E-state index in [2.05, 4.69) is 9.62 Å². The molecule has 0 saturated carbocycles. The van der Waals surface area contributed by atoms with Crippen LogP contribution in [0.15, 0.2) is 45.9 Å². The Labute approximate surface area is 147 Å². The molecule has 5 nitrogen and oxygen atoms in total. The molecule has 24 heavy (non-hydrogen) atoms. The van der Waals surface area contributed by atoms with Crippen LogP contribution in [0.25, 0.3) is 0 Å². The van der Waals surface area contributed by atoms with Crippen molar-refractivity contribution in [3.63, 3.8) is 0 Å². The lowest BCUT2D eigenvalue weighted by atomic mass is 10.2. The van der Waals surface area contributed by atoms with E-state index >= 15 is 0 Å². The first kappa shape index (κ1) is 17.5. The number of sulfonamides is 1. The number of rotatable bonds is 6. The van der Waals surface area contributed by atoms with Crippen molar-refractivity contribution in [1.29, 1.82) is 0 Å². The van der Waals surface area contributed by atoms with Gasteiger partial charge in [-0.05, 0) is 62.7 Å². The van der Waals surface area contributed by atoms with E-state index in [1.807, 2.05) is 12.1 Å². The molecule has 3 rings (SSSR count). The van der Waals surface area contributed by atoms with Crippen LogP contribution in [-0.2, 0) is 10.0 Å². The highest BCUT2D eigenvalue weighted by Gasteiger charge is 2.28. The molecule has 1 fully saturated rings. The molecule has 0 amide bonds. The second-order valence-corrected chi connectivity index (χ2v) is 8.13. The molecule has 0 radical (unpaired) electrons. The third-order valence-electron chi connectivity index (χ3n) is 4.43. The molecular formula is C17H21ClN2O3S. The summed E-state index contributed by atoms with van der Waals surface area (Å²) in [5.41, 5.74) is 0.558. The van der Waals surface area contributed by atoms with Gasteiger partial charge in [-0.25, -0.2) is 13.1 Å². The van der Waals surface area contributed by atoms with Gasteiger partial charge in [0, 0.05) is 11.6 Å². The fourth-order valence-electron chi connectivity index (χ4n) is 3.09. The molecule has 1 aromatic carbocycles. The highest BCUT2D eigenvalue weighted by atomic mass is 35.5. The zero-order valence-electron chi connectivity index (χ0n) is 13.5. The summed E-state index contributed by atoms with van der Waals surface area (Å²) in [5, 5.41) is 0.444. The van der Waals surface area contributed by atoms with Gasteiger partial charge in [-0.15, -0.1) is 0 Å². The summed E-state index contributed by atoms with van der Waals surface area (Å²) in [5.74, 6) is 0.780. The van der Waals surface area contributed by atoms with Crippen molar-refractivity contribution < 1.29 is 12.8 Å². The van der Waals surface area contributed by atoms with E-state index in [-0.39, 0.29) is 17.5 Å². The topological polar surface area (TPSA) is 62.6 Å². The van der Waals surface area contributed by atoms with E-state index in [1.165, 1.54) is 0 Å². The molecule has 1 N–H and O–H groups in total. The maximum absolute atomic E-state index is 12.7. The summed E-state index contributed by atoms with van der Waals surface area (Å²) in [6.45, 7) is 3.87. The minimum Gasteiger partial charge on any atom is -0.468 e. The third-order valence-corrected chi connectivity index (χ3v) is 6.40. The Bertz CT molecular complexity index is 784. The maximum Gasteiger partial charge on any atom is 0.240 e. The molecule has 130 valence electrons. The molecule has 1 aliphatic rings. The summed E-state index contributed by atoms with van der Waals surface area (Å²) < 4.78 is 33.6. The van der Waals surface area contributed by atoms with E-state index in [0.717, 1.165) is 31.7 Å². The number of hydrogen-bond acceptors (Lipinski definition) is 4. The molecule has 1 atom stereocenters. The van der Waals surface area contributed by atoms with Crippen LogP contribution < -0.4 is 4.72 Å². The van der Waals surface area contributed by atoms with Crippen molar-refractivity contribution in [2.75, 3.05) is 19.6 Å². The van der Waals surface area contributed by atoms with Crippen LogP contribution in [-0.4, -0.2) is 33.0 Å². The summed E-state index contributed by atoms with van der Waals surface area (Å²) in [4.78, 5) is 2.47. The number of likely N-dealkylation sites (tertiary alicyclic amines) is 1. The Kier molecular flexibility index (Phi) is 5.30. The zero-order chi connectivity index (χ0) is 17.2. The molecule has 2 heterocycles. The summed E-state index contributed by atoms with van der Waals surface area (Å²) in [6.07, 6.45) is 3.86. The molecular weight excluding hydrogens is 348 g/mol. The SMILES string of the molecule is Cc1c(Cl)cccc1S(=O)(=O)NC[C@H](c1ccco1)N1CCCC1. The predicted octanol–water partition coefficient (Wildman–Crippen LogP) is 3.36. The molecule has 0 bridgehead atoms. The van der Waals surface area contributed by atoms with Crippen LogP contribution >= 0.6 is 11.6 Å². The van der Waals surface area contributed by atoms with Crippen molar-refractivity contribution in [3.05, 3.63) is 52.9 Å². The van der Waals surface area contributed by atoms with Gasteiger partial charge in [0.15, 0.2) is 0 Å². The quantitative estimate of drug-likeness (QED) is 0.849. The average molecular weight is 369 g/mol. The summed E-state index contributed by atoms with van der Waals surface area (Å²) in [7, 11) is -3.63. The predicted molar refractivity (Wildman–Crippen MR) is 93.6 cm³/mol. The molecule has 0 spiro atoms. The van der Waals surface area contributed by atoms with E-state index in [9.17, 15) is 8.42 Å². The summed E-state index contributed by atoms with van der Waals surface area (Å²) >= 11 is 6.05. The number of nitrogens with one attached hydrogen (secondary N) is 1. The molecule has 1 aromatic heterocycles. The normalized spacial score (nSPS) is 17.2. The lowest BCUT2D eigenvalue weighted by molar-refractivity contribution is 0.216. The molecule has 0 unspecified atom stereocenters. The molecule has 2 aromatic rings. The van der Waals surface area contributed by atoms with Crippen molar-refractivity contribution in [1.82, 2.24) is 9.62 Å². The van der Waals surface area contributed by atoms with E-state index in [0.29, 0.717) is 10.6 Å². The van der Waals surface area contributed by atoms with Crippen LogP contribution in [0.4, 0.5) is 0 Å².